The fourth-order valence-electron chi connectivity index (χ4n) is 8.09. The number of anilines is 1. The van der Waals surface area contributed by atoms with E-state index in [1.807, 2.05) is 25.6 Å². The van der Waals surface area contributed by atoms with Crippen molar-refractivity contribution < 1.29 is 19.1 Å². The lowest BCUT2D eigenvalue weighted by Crippen LogP contribution is -2.58. The number of esters is 1. The maximum absolute atomic E-state index is 13.8. The van der Waals surface area contributed by atoms with Gasteiger partial charge in [-0.3, -0.25) is 14.4 Å². The SMILES string of the molecule is CC(=O)O[C@]1(C(=O)CSC#N)CCC2C3CCC4=CC(=O)CCC4=C3C(c3ccc(N(C)C)cc3)C[C@@]21C. The van der Waals surface area contributed by atoms with Gasteiger partial charge in [0.2, 0.25) is 0 Å². The van der Waals surface area contributed by atoms with Crippen LogP contribution in [0.1, 0.15) is 70.3 Å². The number of thiocyanates is 1. The Hall–Kier alpha value is -2.85. The van der Waals surface area contributed by atoms with Crippen LogP contribution in [0.4, 0.5) is 5.69 Å². The smallest absolute Gasteiger partial charge is 0.303 e. The predicted octanol–water partition coefficient (Wildman–Crippen LogP) is 5.74. The maximum atomic E-state index is 13.8. The zero-order chi connectivity index (χ0) is 27.2. The minimum absolute atomic E-state index is 0.0158. The van der Waals surface area contributed by atoms with E-state index in [4.69, 9.17) is 10.00 Å². The summed E-state index contributed by atoms with van der Waals surface area (Å²) >= 11 is 0.917. The molecule has 0 N–H and O–H groups in total. The summed E-state index contributed by atoms with van der Waals surface area (Å²) in [4.78, 5) is 40.6. The number of hydrogen-bond acceptors (Lipinski definition) is 7. The third-order valence-corrected chi connectivity index (χ3v) is 10.2. The van der Waals surface area contributed by atoms with E-state index >= 15 is 0 Å². The third-order valence-electron chi connectivity index (χ3n) is 9.70. The van der Waals surface area contributed by atoms with Gasteiger partial charge in [-0.1, -0.05) is 24.6 Å². The van der Waals surface area contributed by atoms with Crippen molar-refractivity contribution in [1.29, 1.82) is 5.26 Å². The number of hydrogen-bond donors (Lipinski definition) is 0. The van der Waals surface area contributed by atoms with Crippen molar-refractivity contribution >= 4 is 35.0 Å². The Morgan fingerprint density at radius 2 is 1.89 bits per heavy atom. The Morgan fingerprint density at radius 3 is 2.55 bits per heavy atom. The van der Waals surface area contributed by atoms with Crippen molar-refractivity contribution in [2.45, 2.75) is 70.3 Å². The molecule has 0 bridgehead atoms. The Kier molecular flexibility index (Phi) is 7.06. The highest BCUT2D eigenvalue weighted by atomic mass is 32.2. The summed E-state index contributed by atoms with van der Waals surface area (Å²) in [6, 6.07) is 8.65. The van der Waals surface area contributed by atoms with Gasteiger partial charge in [-0.2, -0.15) is 5.26 Å². The number of carbonyl (C=O) groups excluding carboxylic acids is 3. The van der Waals surface area contributed by atoms with Gasteiger partial charge in [0.15, 0.2) is 17.2 Å². The molecule has 3 unspecified atom stereocenters. The second-order valence-electron chi connectivity index (χ2n) is 11.7. The fourth-order valence-corrected chi connectivity index (χ4v) is 8.52. The standard InChI is InChI=1S/C31H36N2O4S/c1-19(34)37-31(28(36)17-38-18-32)14-13-27-25-11-7-21-15-23(35)10-12-24(21)29(25)26(16-30(27,31)2)20-5-8-22(9-6-20)33(3)4/h5-6,8-9,15,25-27H,7,10-14,16-17H2,1-4H3/t25?,26?,27?,30-,31-/m0/s1. The van der Waals surface area contributed by atoms with E-state index in [9.17, 15) is 14.4 Å². The number of thioether (sulfide) groups is 1. The third kappa shape index (κ3) is 4.22. The van der Waals surface area contributed by atoms with Gasteiger partial charge < -0.3 is 9.64 Å². The molecule has 7 heteroatoms. The number of rotatable bonds is 6. The Balaban J connectivity index is 1.67. The molecule has 5 atom stereocenters. The highest BCUT2D eigenvalue weighted by Crippen LogP contribution is 2.68. The molecule has 0 radical (unpaired) electrons. The number of allylic oxidation sites excluding steroid dienone is 4. The average molecular weight is 533 g/mol. The van der Waals surface area contributed by atoms with Crippen molar-refractivity contribution in [3.8, 4) is 5.40 Å². The summed E-state index contributed by atoms with van der Waals surface area (Å²) in [5.41, 5.74) is 4.50. The van der Waals surface area contributed by atoms with Crippen LogP contribution in [0, 0.1) is 27.9 Å². The van der Waals surface area contributed by atoms with E-state index in [0.29, 0.717) is 19.3 Å². The first-order chi connectivity index (χ1) is 18.1. The van der Waals surface area contributed by atoms with Gasteiger partial charge in [0.05, 0.1) is 5.75 Å². The molecule has 38 heavy (non-hydrogen) atoms. The van der Waals surface area contributed by atoms with Crippen LogP contribution in [-0.2, 0) is 19.1 Å². The number of carbonyl (C=O) groups is 3. The number of nitriles is 1. The molecule has 5 rings (SSSR count). The normalized spacial score (nSPS) is 31.9. The second-order valence-corrected chi connectivity index (χ2v) is 12.5. The van der Waals surface area contributed by atoms with Crippen molar-refractivity contribution in [1.82, 2.24) is 0 Å². The monoisotopic (exact) mass is 532 g/mol. The quantitative estimate of drug-likeness (QED) is 0.341. The Labute approximate surface area is 229 Å². The van der Waals surface area contributed by atoms with Gasteiger partial charge in [-0.15, -0.1) is 0 Å². The molecular weight excluding hydrogens is 496 g/mol. The number of ether oxygens (including phenoxy) is 1. The number of ketones is 2. The molecule has 2 fully saturated rings. The van der Waals surface area contributed by atoms with Crippen LogP contribution in [0.5, 0.6) is 0 Å². The largest absolute Gasteiger partial charge is 0.451 e. The molecule has 4 aliphatic carbocycles. The lowest BCUT2D eigenvalue weighted by molar-refractivity contribution is -0.182. The molecule has 0 saturated heterocycles. The second kappa shape index (κ2) is 10.0. The van der Waals surface area contributed by atoms with E-state index in [1.165, 1.54) is 29.2 Å². The summed E-state index contributed by atoms with van der Waals surface area (Å²) in [5, 5.41) is 11.2. The first-order valence-electron chi connectivity index (χ1n) is 13.6. The van der Waals surface area contributed by atoms with Crippen LogP contribution in [0.25, 0.3) is 0 Å². The van der Waals surface area contributed by atoms with Crippen LogP contribution in [0.2, 0.25) is 0 Å². The van der Waals surface area contributed by atoms with Crippen molar-refractivity contribution in [3.05, 3.63) is 52.6 Å². The summed E-state index contributed by atoms with van der Waals surface area (Å²) in [7, 11) is 4.05. The molecule has 4 aliphatic rings. The molecule has 0 heterocycles. The molecule has 1 aromatic carbocycles. The summed E-state index contributed by atoms with van der Waals surface area (Å²) < 4.78 is 6.08. The van der Waals surface area contributed by atoms with Crippen molar-refractivity contribution in [2.75, 3.05) is 24.7 Å². The lowest BCUT2D eigenvalue weighted by atomic mass is 9.50. The molecule has 1 aromatic rings. The molecule has 0 aromatic heterocycles. The van der Waals surface area contributed by atoms with Crippen molar-refractivity contribution in [2.24, 2.45) is 17.3 Å². The number of Topliss-reactive ketones (excluding diaryl/α,β-unsaturated/α-hetero) is 1. The minimum Gasteiger partial charge on any atom is -0.451 e. The average Bonchev–Trinajstić information content (AvgIpc) is 3.18. The zero-order valence-electron chi connectivity index (χ0n) is 22.7. The molecular formula is C31H36N2O4S. The summed E-state index contributed by atoms with van der Waals surface area (Å²) in [6.45, 7) is 3.54. The molecule has 6 nitrogen and oxygen atoms in total. The molecule has 0 aliphatic heterocycles. The van der Waals surface area contributed by atoms with Gasteiger partial charge in [0.25, 0.3) is 0 Å². The highest BCUT2D eigenvalue weighted by molar-refractivity contribution is 8.04. The predicted molar refractivity (Wildman–Crippen MR) is 149 cm³/mol. The summed E-state index contributed by atoms with van der Waals surface area (Å²) in [6.07, 6.45) is 6.97. The lowest BCUT2D eigenvalue weighted by Gasteiger charge is -2.55. The molecule has 2 saturated carbocycles. The van der Waals surface area contributed by atoms with Gasteiger partial charge in [0, 0.05) is 44.5 Å². The number of nitrogens with zero attached hydrogens (tertiary/aromatic N) is 2. The van der Waals surface area contributed by atoms with Crippen LogP contribution in [0.15, 0.2) is 47.1 Å². The van der Waals surface area contributed by atoms with E-state index in [2.05, 4.69) is 36.1 Å². The summed E-state index contributed by atoms with van der Waals surface area (Å²) in [5.74, 6) is 0.152. The van der Waals surface area contributed by atoms with Crippen LogP contribution < -0.4 is 4.90 Å². The van der Waals surface area contributed by atoms with Crippen LogP contribution in [-0.4, -0.2) is 43.0 Å². The van der Waals surface area contributed by atoms with Gasteiger partial charge in [-0.25, -0.2) is 0 Å². The Morgan fingerprint density at radius 1 is 1.16 bits per heavy atom. The van der Waals surface area contributed by atoms with Crippen LogP contribution >= 0.6 is 11.8 Å². The molecule has 0 amide bonds. The highest BCUT2D eigenvalue weighted by Gasteiger charge is 2.68. The van der Waals surface area contributed by atoms with Gasteiger partial charge in [0.1, 0.15) is 5.40 Å². The minimum atomic E-state index is -1.23. The Bertz CT molecular complexity index is 1270. The van der Waals surface area contributed by atoms with Crippen molar-refractivity contribution in [3.63, 3.8) is 0 Å². The van der Waals surface area contributed by atoms with Gasteiger partial charge >= 0.3 is 5.97 Å². The molecule has 0 spiro atoms. The molecule has 200 valence electrons. The number of benzene rings is 1. The van der Waals surface area contributed by atoms with E-state index < -0.39 is 17.0 Å². The zero-order valence-corrected chi connectivity index (χ0v) is 23.5. The van der Waals surface area contributed by atoms with E-state index in [0.717, 1.165) is 43.1 Å². The maximum Gasteiger partial charge on any atom is 0.303 e. The van der Waals surface area contributed by atoms with Gasteiger partial charge in [-0.05, 0) is 97.0 Å². The topological polar surface area (TPSA) is 87.5 Å². The van der Waals surface area contributed by atoms with E-state index in [-0.39, 0.29) is 35.1 Å². The first kappa shape index (κ1) is 26.7. The van der Waals surface area contributed by atoms with Crippen LogP contribution in [0.3, 0.4) is 0 Å². The first-order valence-corrected chi connectivity index (χ1v) is 14.6. The fraction of sp³-hybridized carbons (Fsp3) is 0.548. The number of fused-ring (bicyclic) bond motifs is 4. The van der Waals surface area contributed by atoms with E-state index in [1.54, 1.807) is 0 Å².